The molecule has 130 valence electrons. The molecule has 0 atom stereocenters. The lowest BCUT2D eigenvalue weighted by Crippen LogP contribution is -2.05. The van der Waals surface area contributed by atoms with E-state index in [4.69, 9.17) is 10.5 Å². The summed E-state index contributed by atoms with van der Waals surface area (Å²) in [7, 11) is 0. The van der Waals surface area contributed by atoms with E-state index in [9.17, 15) is 4.39 Å². The zero-order chi connectivity index (χ0) is 18.1. The van der Waals surface area contributed by atoms with Gasteiger partial charge in [0, 0.05) is 17.0 Å². The summed E-state index contributed by atoms with van der Waals surface area (Å²) in [5.74, 6) is 1.40. The molecule has 0 saturated heterocycles. The summed E-state index contributed by atoms with van der Waals surface area (Å²) in [6.07, 6.45) is 0. The Bertz CT molecular complexity index is 1090. The minimum Gasteiger partial charge on any atom is -0.487 e. The van der Waals surface area contributed by atoms with Crippen molar-refractivity contribution in [3.8, 4) is 11.6 Å². The molecule has 0 bridgehead atoms. The number of rotatable bonds is 4. The highest BCUT2D eigenvalue weighted by Gasteiger charge is 2.10. The van der Waals surface area contributed by atoms with E-state index < -0.39 is 0 Å². The quantitative estimate of drug-likeness (QED) is 0.605. The van der Waals surface area contributed by atoms with Crippen LogP contribution in [0.4, 0.5) is 10.2 Å². The van der Waals surface area contributed by atoms with E-state index in [1.54, 1.807) is 28.9 Å². The average Bonchev–Trinajstić information content (AvgIpc) is 2.99. The summed E-state index contributed by atoms with van der Waals surface area (Å²) in [4.78, 5) is 4.66. The van der Waals surface area contributed by atoms with E-state index in [0.717, 1.165) is 11.1 Å². The Morgan fingerprint density at radius 2 is 1.92 bits per heavy atom. The molecule has 0 unspecified atom stereocenters. The van der Waals surface area contributed by atoms with Crippen molar-refractivity contribution < 1.29 is 9.13 Å². The lowest BCUT2D eigenvalue weighted by atomic mass is 10.2. The number of nitrogens with zero attached hydrogens (tertiary/aromatic N) is 3. The molecule has 0 amide bonds. The zero-order valence-corrected chi connectivity index (χ0v) is 14.2. The normalized spacial score (nSPS) is 11.0. The van der Waals surface area contributed by atoms with Gasteiger partial charge in [-0.2, -0.15) is 9.78 Å². The van der Waals surface area contributed by atoms with Crippen LogP contribution in [0.3, 0.4) is 0 Å². The van der Waals surface area contributed by atoms with Crippen LogP contribution in [0.2, 0.25) is 0 Å². The third kappa shape index (κ3) is 2.97. The largest absolute Gasteiger partial charge is 0.487 e. The van der Waals surface area contributed by atoms with Gasteiger partial charge in [0.1, 0.15) is 29.5 Å². The molecule has 26 heavy (non-hydrogen) atoms. The molecule has 0 fully saturated rings. The first-order valence-electron chi connectivity index (χ1n) is 8.20. The van der Waals surface area contributed by atoms with Gasteiger partial charge in [0.15, 0.2) is 5.82 Å². The molecule has 2 heterocycles. The molecular formula is C20H17FN4O. The fourth-order valence-electron chi connectivity index (χ4n) is 2.82. The maximum absolute atomic E-state index is 13.8. The zero-order valence-electron chi connectivity index (χ0n) is 14.2. The Hall–Kier alpha value is -3.41. The lowest BCUT2D eigenvalue weighted by Gasteiger charge is -2.11. The number of benzene rings is 2. The molecule has 0 saturated carbocycles. The van der Waals surface area contributed by atoms with Crippen molar-refractivity contribution in [2.24, 2.45) is 0 Å². The number of nitrogen functional groups attached to an aromatic ring is 1. The first kappa shape index (κ1) is 16.1. The number of halogens is 1. The van der Waals surface area contributed by atoms with E-state index in [1.807, 2.05) is 37.3 Å². The van der Waals surface area contributed by atoms with Crippen LogP contribution in [-0.4, -0.2) is 14.8 Å². The molecule has 0 radical (unpaired) electrons. The van der Waals surface area contributed by atoms with Crippen molar-refractivity contribution in [3.05, 3.63) is 77.7 Å². The standard InChI is InChI=1S/C20H17FN4O/c1-13-11-18(22)25(24-13)19-10-9-14-6-4-8-17(20(14)23-19)26-12-15-5-2-3-7-16(15)21/h2-11H,12,22H2,1H3. The number of nitrogens with two attached hydrogens (primary N) is 1. The molecular weight excluding hydrogens is 331 g/mol. The third-order valence-electron chi connectivity index (χ3n) is 4.09. The molecule has 2 aromatic carbocycles. The summed E-state index contributed by atoms with van der Waals surface area (Å²) >= 11 is 0. The topological polar surface area (TPSA) is 66.0 Å². The van der Waals surface area contributed by atoms with Gasteiger partial charge in [0.2, 0.25) is 0 Å². The number of ether oxygens (including phenoxy) is 1. The number of pyridine rings is 1. The third-order valence-corrected chi connectivity index (χ3v) is 4.09. The van der Waals surface area contributed by atoms with Crippen LogP contribution in [0, 0.1) is 12.7 Å². The Kier molecular flexibility index (Phi) is 4.01. The van der Waals surface area contributed by atoms with E-state index in [-0.39, 0.29) is 12.4 Å². The molecule has 0 spiro atoms. The molecule has 2 N–H and O–H groups in total. The number of anilines is 1. The summed E-state index contributed by atoms with van der Waals surface area (Å²) in [6, 6.07) is 17.8. The lowest BCUT2D eigenvalue weighted by molar-refractivity contribution is 0.303. The number of hydrogen-bond acceptors (Lipinski definition) is 4. The van der Waals surface area contributed by atoms with E-state index in [2.05, 4.69) is 10.1 Å². The monoisotopic (exact) mass is 348 g/mol. The van der Waals surface area contributed by atoms with Crippen molar-refractivity contribution in [2.75, 3.05) is 5.73 Å². The van der Waals surface area contributed by atoms with Gasteiger partial charge in [0.25, 0.3) is 0 Å². The van der Waals surface area contributed by atoms with Gasteiger partial charge < -0.3 is 10.5 Å². The fourth-order valence-corrected chi connectivity index (χ4v) is 2.82. The maximum Gasteiger partial charge on any atom is 0.156 e. The number of aromatic nitrogens is 3. The Balaban J connectivity index is 1.72. The predicted molar refractivity (Wildman–Crippen MR) is 98.7 cm³/mol. The van der Waals surface area contributed by atoms with Gasteiger partial charge in [-0.15, -0.1) is 0 Å². The molecule has 2 aromatic heterocycles. The highest BCUT2D eigenvalue weighted by atomic mass is 19.1. The average molecular weight is 348 g/mol. The molecule has 6 heteroatoms. The summed E-state index contributed by atoms with van der Waals surface area (Å²) in [5.41, 5.74) is 7.98. The molecule has 4 rings (SSSR count). The summed E-state index contributed by atoms with van der Waals surface area (Å²) in [6.45, 7) is 2.00. The van der Waals surface area contributed by atoms with Gasteiger partial charge in [0.05, 0.1) is 5.69 Å². The second-order valence-corrected chi connectivity index (χ2v) is 6.00. The first-order valence-corrected chi connectivity index (χ1v) is 8.20. The fraction of sp³-hybridized carbons (Fsp3) is 0.100. The Morgan fingerprint density at radius 3 is 2.69 bits per heavy atom. The molecule has 0 aliphatic carbocycles. The number of aryl methyl sites for hydroxylation is 1. The minimum atomic E-state index is -0.291. The van der Waals surface area contributed by atoms with Crippen molar-refractivity contribution >= 4 is 16.7 Å². The summed E-state index contributed by atoms with van der Waals surface area (Å²) in [5, 5.41) is 5.28. The molecule has 4 aromatic rings. The van der Waals surface area contributed by atoms with E-state index in [0.29, 0.717) is 28.5 Å². The molecule has 0 aliphatic heterocycles. The van der Waals surface area contributed by atoms with Crippen LogP contribution >= 0.6 is 0 Å². The van der Waals surface area contributed by atoms with E-state index >= 15 is 0 Å². The van der Waals surface area contributed by atoms with Crippen molar-refractivity contribution in [1.82, 2.24) is 14.8 Å². The Labute approximate surface area is 149 Å². The van der Waals surface area contributed by atoms with Crippen LogP contribution < -0.4 is 10.5 Å². The van der Waals surface area contributed by atoms with E-state index in [1.165, 1.54) is 6.07 Å². The number of hydrogen-bond donors (Lipinski definition) is 1. The van der Waals surface area contributed by atoms with Crippen molar-refractivity contribution in [1.29, 1.82) is 0 Å². The van der Waals surface area contributed by atoms with Crippen LogP contribution in [0.1, 0.15) is 11.3 Å². The van der Waals surface area contributed by atoms with Gasteiger partial charge in [-0.05, 0) is 31.2 Å². The smallest absolute Gasteiger partial charge is 0.156 e. The molecule has 0 aliphatic rings. The van der Waals surface area contributed by atoms with Crippen molar-refractivity contribution in [3.63, 3.8) is 0 Å². The predicted octanol–water partition coefficient (Wildman–Crippen LogP) is 4.03. The molecule has 5 nitrogen and oxygen atoms in total. The van der Waals surface area contributed by atoms with Crippen LogP contribution in [0.5, 0.6) is 5.75 Å². The van der Waals surface area contributed by atoms with Crippen LogP contribution in [0.15, 0.2) is 60.7 Å². The van der Waals surface area contributed by atoms with Crippen LogP contribution in [0.25, 0.3) is 16.7 Å². The minimum absolute atomic E-state index is 0.126. The number of para-hydroxylation sites is 1. The highest BCUT2D eigenvalue weighted by Crippen LogP contribution is 2.26. The SMILES string of the molecule is Cc1cc(N)n(-c2ccc3cccc(OCc4ccccc4F)c3n2)n1. The summed E-state index contributed by atoms with van der Waals surface area (Å²) < 4.78 is 21.3. The van der Waals surface area contributed by atoms with Crippen LogP contribution in [-0.2, 0) is 6.61 Å². The van der Waals surface area contributed by atoms with Crippen molar-refractivity contribution in [2.45, 2.75) is 13.5 Å². The second-order valence-electron chi connectivity index (χ2n) is 6.00. The maximum atomic E-state index is 13.8. The van der Waals surface area contributed by atoms with Gasteiger partial charge in [-0.3, -0.25) is 0 Å². The first-order chi connectivity index (χ1) is 12.6. The second kappa shape index (κ2) is 6.48. The van der Waals surface area contributed by atoms with Gasteiger partial charge in [-0.25, -0.2) is 9.37 Å². The highest BCUT2D eigenvalue weighted by molar-refractivity contribution is 5.85. The van der Waals surface area contributed by atoms with Gasteiger partial charge in [-0.1, -0.05) is 30.3 Å². The Morgan fingerprint density at radius 1 is 1.08 bits per heavy atom. The van der Waals surface area contributed by atoms with Gasteiger partial charge >= 0.3 is 0 Å². The number of fused-ring (bicyclic) bond motifs is 1.